The van der Waals surface area contributed by atoms with Crippen LogP contribution < -0.4 is 5.56 Å². The predicted octanol–water partition coefficient (Wildman–Crippen LogP) is 2.78. The van der Waals surface area contributed by atoms with Gasteiger partial charge < -0.3 is 4.98 Å². The maximum Gasteiger partial charge on any atom is 0.255 e. The third-order valence-electron chi connectivity index (χ3n) is 2.71. The monoisotopic (exact) mass is 260 g/mol. The van der Waals surface area contributed by atoms with Crippen molar-refractivity contribution in [2.75, 3.05) is 5.75 Å². The molecule has 4 heteroatoms. The minimum atomic E-state index is -0.0256. The van der Waals surface area contributed by atoms with Crippen LogP contribution in [-0.2, 0) is 6.42 Å². The minimum absolute atomic E-state index is 0.0256. The number of aromatic nitrogens is 2. The summed E-state index contributed by atoms with van der Waals surface area (Å²) in [7, 11) is 0. The Morgan fingerprint density at radius 2 is 2.00 bits per heavy atom. The van der Waals surface area contributed by atoms with Gasteiger partial charge in [0.15, 0.2) is 5.16 Å². The normalized spacial score (nSPS) is 10.6. The topological polar surface area (TPSA) is 45.8 Å². The average molecular weight is 260 g/mol. The molecule has 0 unspecified atom stereocenters. The summed E-state index contributed by atoms with van der Waals surface area (Å²) in [5.41, 5.74) is 2.67. The number of nitrogens with zero attached hydrogens (tertiary/aromatic N) is 1. The summed E-state index contributed by atoms with van der Waals surface area (Å²) in [4.78, 5) is 19.3. The molecule has 2 rings (SSSR count). The first-order valence-corrected chi connectivity index (χ1v) is 6.95. The molecule has 0 saturated heterocycles. The third kappa shape index (κ3) is 3.01. The highest BCUT2D eigenvalue weighted by atomic mass is 32.2. The number of aryl methyl sites for hydroxylation is 1. The molecule has 1 heterocycles. The van der Waals surface area contributed by atoms with Crippen molar-refractivity contribution in [3.63, 3.8) is 0 Å². The van der Waals surface area contributed by atoms with Crippen molar-refractivity contribution >= 4 is 11.8 Å². The lowest BCUT2D eigenvalue weighted by atomic mass is 10.1. The molecular weight excluding hydrogens is 244 g/mol. The summed E-state index contributed by atoms with van der Waals surface area (Å²) in [5.74, 6) is 0.903. The molecule has 1 N–H and O–H groups in total. The smallest absolute Gasteiger partial charge is 0.255 e. The molecule has 0 fully saturated rings. The zero-order valence-corrected chi connectivity index (χ0v) is 11.4. The SMILES string of the molecule is CCSc1nc(C)c(Cc2ccccc2)c(=O)[nH]1. The molecule has 0 aliphatic rings. The third-order valence-corrected chi connectivity index (χ3v) is 3.46. The van der Waals surface area contributed by atoms with Gasteiger partial charge in [0, 0.05) is 17.7 Å². The van der Waals surface area contributed by atoms with Crippen molar-refractivity contribution in [1.29, 1.82) is 0 Å². The van der Waals surface area contributed by atoms with Crippen LogP contribution in [0.3, 0.4) is 0 Å². The van der Waals surface area contributed by atoms with Gasteiger partial charge in [-0.1, -0.05) is 49.0 Å². The van der Waals surface area contributed by atoms with Crippen LogP contribution >= 0.6 is 11.8 Å². The van der Waals surface area contributed by atoms with Crippen LogP contribution in [0.5, 0.6) is 0 Å². The van der Waals surface area contributed by atoms with E-state index in [-0.39, 0.29) is 5.56 Å². The minimum Gasteiger partial charge on any atom is -0.301 e. The van der Waals surface area contributed by atoms with Crippen molar-refractivity contribution in [1.82, 2.24) is 9.97 Å². The zero-order chi connectivity index (χ0) is 13.0. The number of thioether (sulfide) groups is 1. The van der Waals surface area contributed by atoms with Gasteiger partial charge in [-0.3, -0.25) is 4.79 Å². The second-order valence-corrected chi connectivity index (χ2v) is 5.28. The Morgan fingerprint density at radius 1 is 1.28 bits per heavy atom. The van der Waals surface area contributed by atoms with E-state index in [1.54, 1.807) is 11.8 Å². The quantitative estimate of drug-likeness (QED) is 0.679. The highest BCUT2D eigenvalue weighted by molar-refractivity contribution is 7.99. The molecule has 94 valence electrons. The van der Waals surface area contributed by atoms with Crippen LogP contribution in [-0.4, -0.2) is 15.7 Å². The molecular formula is C14H16N2OS. The average Bonchev–Trinajstić information content (AvgIpc) is 2.36. The molecule has 0 amide bonds. The predicted molar refractivity (Wildman–Crippen MR) is 75.2 cm³/mol. The summed E-state index contributed by atoms with van der Waals surface area (Å²) in [6, 6.07) is 9.97. The molecule has 0 aliphatic carbocycles. The van der Waals surface area contributed by atoms with Crippen LogP contribution in [0.2, 0.25) is 0 Å². The standard InChI is InChI=1S/C14H16N2OS/c1-3-18-14-15-10(2)12(13(17)16-14)9-11-7-5-4-6-8-11/h4-8H,3,9H2,1-2H3,(H,15,16,17). The largest absolute Gasteiger partial charge is 0.301 e. The first-order valence-electron chi connectivity index (χ1n) is 5.97. The maximum atomic E-state index is 12.0. The second-order valence-electron chi connectivity index (χ2n) is 4.03. The maximum absolute atomic E-state index is 12.0. The van der Waals surface area contributed by atoms with E-state index in [0.29, 0.717) is 11.6 Å². The Kier molecular flexibility index (Phi) is 4.20. The van der Waals surface area contributed by atoms with Crippen molar-refractivity contribution < 1.29 is 0 Å². The van der Waals surface area contributed by atoms with Gasteiger partial charge >= 0.3 is 0 Å². The number of hydrogen-bond donors (Lipinski definition) is 1. The lowest BCUT2D eigenvalue weighted by molar-refractivity contribution is 0.867. The summed E-state index contributed by atoms with van der Waals surface area (Å²) in [6.45, 7) is 3.94. The fourth-order valence-electron chi connectivity index (χ4n) is 1.80. The molecule has 0 spiro atoms. The highest BCUT2D eigenvalue weighted by Crippen LogP contribution is 2.13. The van der Waals surface area contributed by atoms with E-state index in [2.05, 4.69) is 9.97 Å². The molecule has 0 saturated carbocycles. The van der Waals surface area contributed by atoms with Gasteiger partial charge in [0.1, 0.15) is 0 Å². The van der Waals surface area contributed by atoms with E-state index in [0.717, 1.165) is 22.6 Å². The van der Waals surface area contributed by atoms with Crippen molar-refractivity contribution in [3.8, 4) is 0 Å². The molecule has 0 aliphatic heterocycles. The van der Waals surface area contributed by atoms with Gasteiger partial charge in [-0.25, -0.2) is 4.98 Å². The van der Waals surface area contributed by atoms with Crippen molar-refractivity contribution in [2.24, 2.45) is 0 Å². The van der Waals surface area contributed by atoms with Gasteiger partial charge in [0.05, 0.1) is 0 Å². The molecule has 0 bridgehead atoms. The number of nitrogens with one attached hydrogen (secondary N) is 1. The van der Waals surface area contributed by atoms with Gasteiger partial charge in [-0.15, -0.1) is 0 Å². The first kappa shape index (κ1) is 12.9. The van der Waals surface area contributed by atoms with Crippen molar-refractivity contribution in [2.45, 2.75) is 25.4 Å². The van der Waals surface area contributed by atoms with Gasteiger partial charge in [0.2, 0.25) is 0 Å². The van der Waals surface area contributed by atoms with Crippen LogP contribution in [0.1, 0.15) is 23.7 Å². The van der Waals surface area contributed by atoms with E-state index in [4.69, 9.17) is 0 Å². The molecule has 3 nitrogen and oxygen atoms in total. The van der Waals surface area contributed by atoms with E-state index < -0.39 is 0 Å². The van der Waals surface area contributed by atoms with Crippen LogP contribution in [0, 0.1) is 6.92 Å². The Hall–Kier alpha value is -1.55. The summed E-state index contributed by atoms with van der Waals surface area (Å²) < 4.78 is 0. The number of H-pyrrole nitrogens is 1. The van der Waals surface area contributed by atoms with Crippen LogP contribution in [0.4, 0.5) is 0 Å². The summed E-state index contributed by atoms with van der Waals surface area (Å²) in [5, 5.41) is 0.705. The summed E-state index contributed by atoms with van der Waals surface area (Å²) in [6.07, 6.45) is 0.631. The van der Waals surface area contributed by atoms with E-state index in [1.807, 2.05) is 44.2 Å². The van der Waals surface area contributed by atoms with E-state index >= 15 is 0 Å². The molecule has 0 radical (unpaired) electrons. The molecule has 1 aromatic heterocycles. The fraction of sp³-hybridized carbons (Fsp3) is 0.286. The number of aromatic amines is 1. The number of benzene rings is 1. The van der Waals surface area contributed by atoms with E-state index in [9.17, 15) is 4.79 Å². The van der Waals surface area contributed by atoms with Gasteiger partial charge in [-0.2, -0.15) is 0 Å². The Balaban J connectivity index is 2.32. The number of hydrogen-bond acceptors (Lipinski definition) is 3. The first-order chi connectivity index (χ1) is 8.70. The van der Waals surface area contributed by atoms with E-state index in [1.165, 1.54) is 0 Å². The lowest BCUT2D eigenvalue weighted by Gasteiger charge is -2.06. The Labute approximate surface area is 111 Å². The van der Waals surface area contributed by atoms with Crippen LogP contribution in [0.15, 0.2) is 40.3 Å². The second kappa shape index (κ2) is 5.87. The van der Waals surface area contributed by atoms with Crippen LogP contribution in [0.25, 0.3) is 0 Å². The van der Waals surface area contributed by atoms with Gasteiger partial charge in [0.25, 0.3) is 5.56 Å². The van der Waals surface area contributed by atoms with Crippen molar-refractivity contribution in [3.05, 3.63) is 57.5 Å². The fourth-order valence-corrected chi connectivity index (χ4v) is 2.44. The Morgan fingerprint density at radius 3 is 2.61 bits per heavy atom. The number of rotatable bonds is 4. The molecule has 0 atom stereocenters. The lowest BCUT2D eigenvalue weighted by Crippen LogP contribution is -2.17. The zero-order valence-electron chi connectivity index (χ0n) is 10.6. The molecule has 18 heavy (non-hydrogen) atoms. The van der Waals surface area contributed by atoms with Gasteiger partial charge in [-0.05, 0) is 18.2 Å². The Bertz CT molecular complexity index is 578. The highest BCUT2D eigenvalue weighted by Gasteiger charge is 2.08. The summed E-state index contributed by atoms with van der Waals surface area (Å²) >= 11 is 1.55. The molecule has 2 aromatic rings. The molecule has 1 aromatic carbocycles.